The first kappa shape index (κ1) is 16.9. The van der Waals surface area contributed by atoms with Gasteiger partial charge in [-0.2, -0.15) is 0 Å². The normalized spacial score (nSPS) is 54.2. The number of hydrogen-bond donors (Lipinski definition) is 1. The maximum atomic E-state index is 12.2. The molecule has 4 rings (SSSR count). The molecule has 0 aromatic rings. The van der Waals surface area contributed by atoms with Crippen molar-refractivity contribution in [1.29, 1.82) is 0 Å². The Morgan fingerprint density at radius 2 is 1.88 bits per heavy atom. The van der Waals surface area contributed by atoms with Crippen molar-refractivity contribution < 1.29 is 9.90 Å². The molecule has 3 nitrogen and oxygen atoms in total. The van der Waals surface area contributed by atoms with Crippen LogP contribution in [-0.2, 0) is 4.79 Å². The number of piperidine rings is 1. The number of aliphatic hydroxyl groups is 1. The largest absolute Gasteiger partial charge is 0.392 e. The lowest BCUT2D eigenvalue weighted by atomic mass is 9.47. The van der Waals surface area contributed by atoms with Crippen molar-refractivity contribution in [2.45, 2.75) is 84.3 Å². The van der Waals surface area contributed by atoms with Gasteiger partial charge in [0.25, 0.3) is 0 Å². The molecule has 1 amide bonds. The van der Waals surface area contributed by atoms with Crippen LogP contribution in [0.5, 0.6) is 0 Å². The molecule has 0 radical (unpaired) electrons. The molecule has 0 spiro atoms. The standard InChI is InChI=1S/C21H35NO2/c1-5-13-12-16-14-6-7-17-20(2,11-9-18(23)22(17)4)15(14)8-10-21(16,3)19(13)24/h13-17,19,24H,5-12H2,1-4H3/t13-,14?,15?,16?,17?,19-,20?,21?/m0/s1. The van der Waals surface area contributed by atoms with Gasteiger partial charge in [-0.05, 0) is 73.0 Å². The van der Waals surface area contributed by atoms with Crippen LogP contribution in [-0.4, -0.2) is 35.1 Å². The molecule has 1 aliphatic heterocycles. The van der Waals surface area contributed by atoms with Gasteiger partial charge in [-0.1, -0.05) is 27.2 Å². The Kier molecular flexibility index (Phi) is 3.84. The van der Waals surface area contributed by atoms with Crippen LogP contribution >= 0.6 is 0 Å². The van der Waals surface area contributed by atoms with Crippen molar-refractivity contribution in [3.05, 3.63) is 0 Å². The fourth-order valence-electron chi connectivity index (χ4n) is 7.69. The van der Waals surface area contributed by atoms with Crippen LogP contribution in [0.4, 0.5) is 0 Å². The summed E-state index contributed by atoms with van der Waals surface area (Å²) in [6, 6.07) is 0.442. The molecule has 0 bridgehead atoms. The number of carbonyl (C=O) groups excluding carboxylic acids is 1. The Labute approximate surface area is 147 Å². The number of likely N-dealkylation sites (tertiary alicyclic amines) is 1. The minimum atomic E-state index is -0.102. The molecule has 3 aliphatic carbocycles. The SMILES string of the molecule is CC[C@H]1CC2C3CCC4N(C)C(=O)CCC4(C)C3CCC2(C)[C@H]1O. The van der Waals surface area contributed by atoms with Gasteiger partial charge >= 0.3 is 0 Å². The van der Waals surface area contributed by atoms with E-state index < -0.39 is 0 Å². The molecule has 3 saturated carbocycles. The third kappa shape index (κ3) is 2.03. The molecule has 1 N–H and O–H groups in total. The van der Waals surface area contributed by atoms with Gasteiger partial charge in [0.2, 0.25) is 5.91 Å². The molecule has 1 heterocycles. The van der Waals surface area contributed by atoms with Crippen molar-refractivity contribution >= 4 is 5.91 Å². The average Bonchev–Trinajstić information content (AvgIpc) is 2.83. The van der Waals surface area contributed by atoms with Gasteiger partial charge in [0.1, 0.15) is 0 Å². The quantitative estimate of drug-likeness (QED) is 0.792. The van der Waals surface area contributed by atoms with Crippen LogP contribution in [0.15, 0.2) is 0 Å². The van der Waals surface area contributed by atoms with E-state index in [1.165, 1.54) is 32.1 Å². The number of fused-ring (bicyclic) bond motifs is 5. The first-order valence-electron chi connectivity index (χ1n) is 10.3. The highest BCUT2D eigenvalue weighted by atomic mass is 16.3. The Bertz CT molecular complexity index is 534. The number of amides is 1. The topological polar surface area (TPSA) is 40.5 Å². The molecule has 4 fully saturated rings. The van der Waals surface area contributed by atoms with Gasteiger partial charge in [0, 0.05) is 19.5 Å². The molecule has 24 heavy (non-hydrogen) atoms. The summed E-state index contributed by atoms with van der Waals surface area (Å²) >= 11 is 0. The van der Waals surface area contributed by atoms with E-state index in [0.717, 1.165) is 31.1 Å². The Morgan fingerprint density at radius 1 is 1.12 bits per heavy atom. The summed E-state index contributed by atoms with van der Waals surface area (Å²) in [7, 11) is 2.03. The lowest BCUT2D eigenvalue weighted by Crippen LogP contribution is -2.61. The number of hydrogen-bond acceptors (Lipinski definition) is 2. The van der Waals surface area contributed by atoms with Gasteiger partial charge in [0.05, 0.1) is 6.10 Å². The summed E-state index contributed by atoms with van der Waals surface area (Å²) in [4.78, 5) is 14.3. The summed E-state index contributed by atoms with van der Waals surface area (Å²) in [5, 5.41) is 11.0. The van der Waals surface area contributed by atoms with E-state index in [0.29, 0.717) is 29.2 Å². The fraction of sp³-hybridized carbons (Fsp3) is 0.952. The second-order valence-corrected chi connectivity index (χ2v) is 9.87. The highest BCUT2D eigenvalue weighted by Gasteiger charge is 2.62. The summed E-state index contributed by atoms with van der Waals surface area (Å²) in [6.07, 6.45) is 8.89. The van der Waals surface area contributed by atoms with Crippen LogP contribution in [0.1, 0.15) is 72.1 Å². The van der Waals surface area contributed by atoms with Crippen LogP contribution in [0.3, 0.4) is 0 Å². The lowest BCUT2D eigenvalue weighted by molar-refractivity contribution is -0.160. The zero-order valence-corrected chi connectivity index (χ0v) is 15.9. The molecule has 136 valence electrons. The summed E-state index contributed by atoms with van der Waals surface area (Å²) in [6.45, 7) is 7.09. The molecule has 4 aliphatic rings. The molecule has 0 aromatic heterocycles. The minimum absolute atomic E-state index is 0.102. The zero-order valence-electron chi connectivity index (χ0n) is 15.9. The van der Waals surface area contributed by atoms with Crippen molar-refractivity contribution in [1.82, 2.24) is 4.90 Å². The van der Waals surface area contributed by atoms with Gasteiger partial charge in [0.15, 0.2) is 0 Å². The van der Waals surface area contributed by atoms with Gasteiger partial charge in [-0.3, -0.25) is 4.79 Å². The van der Waals surface area contributed by atoms with Crippen LogP contribution in [0.2, 0.25) is 0 Å². The van der Waals surface area contributed by atoms with E-state index in [1.807, 2.05) is 7.05 Å². The Hall–Kier alpha value is -0.570. The van der Waals surface area contributed by atoms with Gasteiger partial charge in [-0.25, -0.2) is 0 Å². The number of aliphatic hydroxyl groups excluding tert-OH is 1. The van der Waals surface area contributed by atoms with Crippen LogP contribution < -0.4 is 0 Å². The summed E-state index contributed by atoms with van der Waals surface area (Å²) in [5.41, 5.74) is 0.434. The van der Waals surface area contributed by atoms with Crippen molar-refractivity contribution in [2.24, 2.45) is 34.5 Å². The molecular weight excluding hydrogens is 298 g/mol. The second kappa shape index (κ2) is 5.46. The van der Waals surface area contributed by atoms with Crippen LogP contribution in [0, 0.1) is 34.5 Å². The van der Waals surface area contributed by atoms with Gasteiger partial charge < -0.3 is 10.0 Å². The predicted molar refractivity (Wildman–Crippen MR) is 95.3 cm³/mol. The van der Waals surface area contributed by atoms with E-state index in [-0.39, 0.29) is 11.5 Å². The third-order valence-corrected chi connectivity index (χ3v) is 9.20. The maximum Gasteiger partial charge on any atom is 0.222 e. The molecule has 1 saturated heterocycles. The zero-order chi connectivity index (χ0) is 17.3. The van der Waals surface area contributed by atoms with E-state index in [1.54, 1.807) is 0 Å². The molecular formula is C21H35NO2. The molecule has 0 aromatic carbocycles. The monoisotopic (exact) mass is 333 g/mol. The lowest BCUT2D eigenvalue weighted by Gasteiger charge is -2.61. The highest BCUT2D eigenvalue weighted by Crippen LogP contribution is 2.65. The van der Waals surface area contributed by atoms with Gasteiger partial charge in [-0.15, -0.1) is 0 Å². The van der Waals surface area contributed by atoms with Crippen LogP contribution in [0.25, 0.3) is 0 Å². The average molecular weight is 334 g/mol. The van der Waals surface area contributed by atoms with Crippen molar-refractivity contribution in [3.63, 3.8) is 0 Å². The second-order valence-electron chi connectivity index (χ2n) is 9.87. The number of nitrogens with zero attached hydrogens (tertiary/aromatic N) is 1. The highest BCUT2D eigenvalue weighted by molar-refractivity contribution is 5.77. The fourth-order valence-corrected chi connectivity index (χ4v) is 7.69. The number of carbonyl (C=O) groups is 1. The third-order valence-electron chi connectivity index (χ3n) is 9.20. The summed E-state index contributed by atoms with van der Waals surface area (Å²) < 4.78 is 0. The van der Waals surface area contributed by atoms with E-state index >= 15 is 0 Å². The number of rotatable bonds is 1. The van der Waals surface area contributed by atoms with E-state index in [9.17, 15) is 9.90 Å². The van der Waals surface area contributed by atoms with E-state index in [2.05, 4.69) is 25.7 Å². The molecule has 8 atom stereocenters. The molecule has 6 unspecified atom stereocenters. The first-order chi connectivity index (χ1) is 11.3. The smallest absolute Gasteiger partial charge is 0.222 e. The Morgan fingerprint density at radius 3 is 2.58 bits per heavy atom. The minimum Gasteiger partial charge on any atom is -0.392 e. The maximum absolute atomic E-state index is 12.2. The Balaban J connectivity index is 1.65. The van der Waals surface area contributed by atoms with Crippen molar-refractivity contribution in [3.8, 4) is 0 Å². The summed E-state index contributed by atoms with van der Waals surface area (Å²) in [5.74, 6) is 3.04. The predicted octanol–water partition coefficient (Wildman–Crippen LogP) is 3.85. The van der Waals surface area contributed by atoms with E-state index in [4.69, 9.17) is 0 Å². The molecule has 3 heteroatoms. The van der Waals surface area contributed by atoms with Crippen molar-refractivity contribution in [2.75, 3.05) is 7.05 Å². The first-order valence-corrected chi connectivity index (χ1v) is 10.3.